The first-order chi connectivity index (χ1) is 17.5. The molecule has 3 N–H and O–H groups in total. The highest BCUT2D eigenvalue weighted by Crippen LogP contribution is 2.31. The summed E-state index contributed by atoms with van der Waals surface area (Å²) in [6.07, 6.45) is -0.286. The van der Waals surface area contributed by atoms with E-state index in [1.165, 1.54) is 17.0 Å². The van der Waals surface area contributed by atoms with Crippen molar-refractivity contribution in [2.24, 2.45) is 0 Å². The second-order valence-electron chi connectivity index (χ2n) is 8.96. The van der Waals surface area contributed by atoms with Crippen molar-refractivity contribution in [3.63, 3.8) is 0 Å². The Morgan fingerprint density at radius 1 is 0.919 bits per heavy atom. The first kappa shape index (κ1) is 28.1. The number of pyridine rings is 1. The molecular formula is C25H29F3N4O5. The molecule has 0 bridgehead atoms. The van der Waals surface area contributed by atoms with Gasteiger partial charge in [0.2, 0.25) is 5.91 Å². The molecule has 12 heteroatoms. The number of aliphatic carboxylic acids is 2. The van der Waals surface area contributed by atoms with Gasteiger partial charge >= 0.3 is 18.1 Å². The van der Waals surface area contributed by atoms with Gasteiger partial charge in [0.1, 0.15) is 0 Å². The molecule has 2 atom stereocenters. The summed E-state index contributed by atoms with van der Waals surface area (Å²) in [5, 5.41) is 21.5. The van der Waals surface area contributed by atoms with E-state index in [9.17, 15) is 37.8 Å². The summed E-state index contributed by atoms with van der Waals surface area (Å²) in [6, 6.07) is 8.66. The first-order valence-electron chi connectivity index (χ1n) is 11.8. The predicted octanol–water partition coefficient (Wildman–Crippen LogP) is 3.32. The van der Waals surface area contributed by atoms with Crippen LogP contribution in [0.5, 0.6) is 0 Å². The highest BCUT2D eigenvalue weighted by Gasteiger charge is 2.37. The largest absolute Gasteiger partial charge is 0.480 e. The molecule has 0 spiro atoms. The fraction of sp³-hybridized carbons (Fsp3) is 0.440. The zero-order valence-corrected chi connectivity index (χ0v) is 20.0. The molecule has 2 aromatic rings. The number of carboxylic acid groups (broad SMARTS) is 2. The Hall–Kier alpha value is -3.51. The van der Waals surface area contributed by atoms with Crippen molar-refractivity contribution in [2.45, 2.75) is 50.5 Å². The number of nitrogens with one attached hydrogen (secondary N) is 1. The van der Waals surface area contributed by atoms with E-state index in [1.807, 2.05) is 0 Å². The normalized spacial score (nSPS) is 18.1. The summed E-state index contributed by atoms with van der Waals surface area (Å²) in [4.78, 5) is 43.6. The van der Waals surface area contributed by atoms with E-state index < -0.39 is 42.2 Å². The third-order valence-electron chi connectivity index (χ3n) is 6.22. The Balaban J connectivity index is 1.81. The van der Waals surface area contributed by atoms with Crippen molar-refractivity contribution in [3.05, 3.63) is 59.9 Å². The molecule has 3 rings (SSSR count). The van der Waals surface area contributed by atoms with Crippen LogP contribution in [0.25, 0.3) is 0 Å². The van der Waals surface area contributed by atoms with E-state index in [2.05, 4.69) is 10.3 Å². The minimum absolute atomic E-state index is 0.0575. The molecule has 0 saturated heterocycles. The van der Waals surface area contributed by atoms with Gasteiger partial charge in [-0.2, -0.15) is 13.2 Å². The lowest BCUT2D eigenvalue weighted by Gasteiger charge is -2.44. The number of hydrogen-bond donors (Lipinski definition) is 3. The molecule has 200 valence electrons. The van der Waals surface area contributed by atoms with Gasteiger partial charge in [-0.1, -0.05) is 25.0 Å². The fourth-order valence-corrected chi connectivity index (χ4v) is 4.73. The monoisotopic (exact) mass is 522 g/mol. The summed E-state index contributed by atoms with van der Waals surface area (Å²) >= 11 is 0. The summed E-state index contributed by atoms with van der Waals surface area (Å²) in [7, 11) is 0. The molecule has 9 nitrogen and oxygen atoms in total. The van der Waals surface area contributed by atoms with Crippen LogP contribution in [0.15, 0.2) is 48.7 Å². The number of carbonyl (C=O) groups excluding carboxylic acids is 1. The Morgan fingerprint density at radius 2 is 1.57 bits per heavy atom. The SMILES string of the molecule is O=C(O)CN(CC(=O)Nc1cccc(C(F)(F)F)c1)C1CCCCC1N(CC(=O)O)Cc1ccccn1. The summed E-state index contributed by atoms with van der Waals surface area (Å²) < 4.78 is 39.1. The lowest BCUT2D eigenvalue weighted by atomic mass is 9.87. The second-order valence-corrected chi connectivity index (χ2v) is 8.96. The van der Waals surface area contributed by atoms with E-state index in [4.69, 9.17) is 0 Å². The molecule has 1 aliphatic carbocycles. The van der Waals surface area contributed by atoms with Crippen molar-refractivity contribution < 1.29 is 37.8 Å². The average Bonchev–Trinajstić information content (AvgIpc) is 2.83. The minimum atomic E-state index is -4.58. The number of carbonyl (C=O) groups is 3. The standard InChI is InChI=1S/C25H29F3N4O5/c26-25(27,28)17-6-5-8-18(12-17)30-22(33)14-32(16-24(36)37)21-10-2-1-9-20(21)31(15-23(34)35)13-19-7-3-4-11-29-19/h3-8,11-12,20-21H,1-2,9-10,13-16H2,(H,30,33)(H,34,35)(H,36,37). The van der Waals surface area contributed by atoms with E-state index in [0.717, 1.165) is 25.0 Å². The number of alkyl halides is 3. The smallest absolute Gasteiger partial charge is 0.416 e. The van der Waals surface area contributed by atoms with Gasteiger partial charge in [-0.05, 0) is 43.2 Å². The van der Waals surface area contributed by atoms with Gasteiger partial charge in [0.25, 0.3) is 0 Å². The van der Waals surface area contributed by atoms with E-state index >= 15 is 0 Å². The minimum Gasteiger partial charge on any atom is -0.480 e. The molecular weight excluding hydrogens is 493 g/mol. The maximum Gasteiger partial charge on any atom is 0.416 e. The third-order valence-corrected chi connectivity index (χ3v) is 6.22. The van der Waals surface area contributed by atoms with Gasteiger partial charge in [0, 0.05) is 30.5 Å². The van der Waals surface area contributed by atoms with Crippen LogP contribution in [-0.2, 0) is 27.1 Å². The quantitative estimate of drug-likeness (QED) is 0.411. The highest BCUT2D eigenvalue weighted by atomic mass is 19.4. The van der Waals surface area contributed by atoms with Crippen molar-refractivity contribution in [2.75, 3.05) is 25.0 Å². The number of nitrogens with zero attached hydrogens (tertiary/aromatic N) is 3. The van der Waals surface area contributed by atoms with Gasteiger partial charge in [-0.3, -0.25) is 29.2 Å². The van der Waals surface area contributed by atoms with Crippen LogP contribution in [0.1, 0.15) is 36.9 Å². The van der Waals surface area contributed by atoms with Crippen molar-refractivity contribution >= 4 is 23.5 Å². The highest BCUT2D eigenvalue weighted by molar-refractivity contribution is 5.92. The number of benzene rings is 1. The van der Waals surface area contributed by atoms with Gasteiger partial charge in [0.15, 0.2) is 0 Å². The Morgan fingerprint density at radius 3 is 2.16 bits per heavy atom. The summed E-state index contributed by atoms with van der Waals surface area (Å²) in [6.45, 7) is -0.934. The van der Waals surface area contributed by atoms with Crippen LogP contribution >= 0.6 is 0 Å². The van der Waals surface area contributed by atoms with Gasteiger partial charge in [-0.15, -0.1) is 0 Å². The second kappa shape index (κ2) is 12.6. The zero-order valence-electron chi connectivity index (χ0n) is 20.0. The number of amides is 1. The Bertz CT molecular complexity index is 1080. The molecule has 0 aliphatic heterocycles. The van der Waals surface area contributed by atoms with Crippen molar-refractivity contribution in [3.8, 4) is 0 Å². The molecule has 2 unspecified atom stereocenters. The van der Waals surface area contributed by atoms with Crippen LogP contribution in [-0.4, -0.2) is 74.6 Å². The average molecular weight is 523 g/mol. The molecule has 37 heavy (non-hydrogen) atoms. The van der Waals surface area contributed by atoms with Crippen LogP contribution in [0.3, 0.4) is 0 Å². The van der Waals surface area contributed by atoms with Crippen LogP contribution in [0.2, 0.25) is 0 Å². The topological polar surface area (TPSA) is 123 Å². The lowest BCUT2D eigenvalue weighted by molar-refractivity contribution is -0.143. The zero-order chi connectivity index (χ0) is 27.0. The number of hydrogen-bond acceptors (Lipinski definition) is 6. The van der Waals surface area contributed by atoms with Gasteiger partial charge in [0.05, 0.1) is 30.9 Å². The van der Waals surface area contributed by atoms with E-state index in [-0.39, 0.29) is 31.4 Å². The number of rotatable bonds is 11. The molecule has 1 aliphatic rings. The van der Waals surface area contributed by atoms with E-state index in [0.29, 0.717) is 18.5 Å². The summed E-state index contributed by atoms with van der Waals surface area (Å²) in [5.74, 6) is -2.89. The van der Waals surface area contributed by atoms with Crippen LogP contribution in [0.4, 0.5) is 18.9 Å². The van der Waals surface area contributed by atoms with Crippen LogP contribution < -0.4 is 5.32 Å². The molecule has 1 saturated carbocycles. The number of anilines is 1. The third kappa shape index (κ3) is 8.53. The lowest BCUT2D eigenvalue weighted by Crippen LogP contribution is -2.56. The number of aromatic nitrogens is 1. The summed E-state index contributed by atoms with van der Waals surface area (Å²) in [5.41, 5.74) is -0.322. The predicted molar refractivity (Wildman–Crippen MR) is 128 cm³/mol. The maximum atomic E-state index is 13.0. The van der Waals surface area contributed by atoms with Crippen molar-refractivity contribution in [1.29, 1.82) is 0 Å². The number of carboxylic acids is 2. The van der Waals surface area contributed by atoms with Gasteiger partial charge in [-0.25, -0.2) is 0 Å². The van der Waals surface area contributed by atoms with Crippen LogP contribution in [0, 0.1) is 0 Å². The maximum absolute atomic E-state index is 13.0. The van der Waals surface area contributed by atoms with E-state index in [1.54, 1.807) is 29.3 Å². The first-order valence-corrected chi connectivity index (χ1v) is 11.8. The molecule has 1 aromatic carbocycles. The fourth-order valence-electron chi connectivity index (χ4n) is 4.73. The molecule has 0 radical (unpaired) electrons. The number of halogens is 3. The molecule has 1 heterocycles. The molecule has 1 aromatic heterocycles. The molecule has 1 fully saturated rings. The Labute approximate surface area is 211 Å². The van der Waals surface area contributed by atoms with Gasteiger partial charge < -0.3 is 15.5 Å². The Kier molecular flexibility index (Phi) is 9.59. The molecule has 1 amide bonds. The van der Waals surface area contributed by atoms with Crippen molar-refractivity contribution in [1.82, 2.24) is 14.8 Å².